The summed E-state index contributed by atoms with van der Waals surface area (Å²) in [6.07, 6.45) is 3.93. The van der Waals surface area contributed by atoms with E-state index in [1.165, 1.54) is 14.2 Å². The highest BCUT2D eigenvalue weighted by molar-refractivity contribution is 6.12. The topological polar surface area (TPSA) is 53.4 Å². The van der Waals surface area contributed by atoms with E-state index in [0.717, 1.165) is 16.5 Å². The highest BCUT2D eigenvalue weighted by atomic mass is 16.5. The Hall–Kier alpha value is -3.08. The number of fused-ring (bicyclic) bond motifs is 1. The summed E-state index contributed by atoms with van der Waals surface area (Å²) in [5.74, 6) is 0.605. The largest absolute Gasteiger partial charge is 0.481 e. The van der Waals surface area contributed by atoms with Crippen LogP contribution in [0.2, 0.25) is 0 Å². The number of allylic oxidation sites excluding steroid dienone is 1. The molecule has 25 heavy (non-hydrogen) atoms. The molecule has 0 aliphatic rings. The van der Waals surface area contributed by atoms with Crippen LogP contribution in [-0.2, 0) is 7.05 Å². The SMILES string of the molecule is COc1cc(C(=O)/C(C)=C/c2cn(C)c3ccccc23)cc(OC)n1. The van der Waals surface area contributed by atoms with Crippen molar-refractivity contribution in [3.05, 3.63) is 59.3 Å². The number of ketones is 1. The zero-order chi connectivity index (χ0) is 18.0. The predicted molar refractivity (Wildman–Crippen MR) is 98.2 cm³/mol. The molecule has 0 atom stereocenters. The van der Waals surface area contributed by atoms with E-state index >= 15 is 0 Å². The second-order valence-corrected chi connectivity index (χ2v) is 5.81. The van der Waals surface area contributed by atoms with Crippen molar-refractivity contribution < 1.29 is 14.3 Å². The van der Waals surface area contributed by atoms with Crippen LogP contribution in [0.4, 0.5) is 0 Å². The number of hydrogen-bond acceptors (Lipinski definition) is 4. The summed E-state index contributed by atoms with van der Waals surface area (Å²) in [5.41, 5.74) is 3.25. The van der Waals surface area contributed by atoms with E-state index in [2.05, 4.69) is 21.7 Å². The monoisotopic (exact) mass is 336 g/mol. The van der Waals surface area contributed by atoms with Gasteiger partial charge in [0.1, 0.15) is 0 Å². The van der Waals surface area contributed by atoms with Gasteiger partial charge in [-0.15, -0.1) is 0 Å². The number of carbonyl (C=O) groups is 1. The van der Waals surface area contributed by atoms with Crippen molar-refractivity contribution in [2.45, 2.75) is 6.92 Å². The molecule has 3 aromatic rings. The van der Waals surface area contributed by atoms with Crippen molar-refractivity contribution in [2.75, 3.05) is 14.2 Å². The van der Waals surface area contributed by atoms with Crippen LogP contribution in [0.25, 0.3) is 17.0 Å². The molecule has 0 bridgehead atoms. The number of aromatic nitrogens is 2. The molecule has 0 N–H and O–H groups in total. The first kappa shape index (κ1) is 16.8. The number of ether oxygens (including phenoxy) is 2. The number of Topliss-reactive ketones (excluding diaryl/α,β-unsaturated/α-hetero) is 1. The predicted octanol–water partition coefficient (Wildman–Crippen LogP) is 3.88. The molecular weight excluding hydrogens is 316 g/mol. The highest BCUT2D eigenvalue weighted by Crippen LogP contribution is 2.25. The molecule has 0 saturated heterocycles. The molecule has 5 nitrogen and oxygen atoms in total. The van der Waals surface area contributed by atoms with Crippen LogP contribution < -0.4 is 9.47 Å². The van der Waals surface area contributed by atoms with Crippen molar-refractivity contribution in [1.82, 2.24) is 9.55 Å². The van der Waals surface area contributed by atoms with Gasteiger partial charge in [-0.25, -0.2) is 0 Å². The van der Waals surface area contributed by atoms with Gasteiger partial charge in [-0.05, 0) is 24.6 Å². The van der Waals surface area contributed by atoms with Crippen LogP contribution in [0.1, 0.15) is 22.8 Å². The number of pyridine rings is 1. The summed E-state index contributed by atoms with van der Waals surface area (Å²) in [5, 5.41) is 1.11. The van der Waals surface area contributed by atoms with Crippen LogP contribution in [0, 0.1) is 0 Å². The second-order valence-electron chi connectivity index (χ2n) is 5.81. The lowest BCUT2D eigenvalue weighted by atomic mass is 10.0. The minimum absolute atomic E-state index is 0.0908. The summed E-state index contributed by atoms with van der Waals surface area (Å²) >= 11 is 0. The lowest BCUT2D eigenvalue weighted by Gasteiger charge is -2.07. The van der Waals surface area contributed by atoms with Gasteiger partial charge in [-0.3, -0.25) is 4.79 Å². The first-order valence-electron chi connectivity index (χ1n) is 7.90. The van der Waals surface area contributed by atoms with Gasteiger partial charge in [0.05, 0.1) is 14.2 Å². The Morgan fingerprint density at radius 1 is 1.12 bits per heavy atom. The van der Waals surface area contributed by atoms with Gasteiger partial charge in [0, 0.05) is 47.4 Å². The van der Waals surface area contributed by atoms with Crippen LogP contribution in [0.3, 0.4) is 0 Å². The summed E-state index contributed by atoms with van der Waals surface area (Å²) < 4.78 is 12.3. The molecule has 0 aliphatic heterocycles. The molecule has 0 fully saturated rings. The number of hydrogen-bond donors (Lipinski definition) is 0. The number of benzene rings is 1. The Kier molecular flexibility index (Phi) is 4.57. The molecule has 128 valence electrons. The zero-order valence-corrected chi connectivity index (χ0v) is 14.7. The number of para-hydroxylation sites is 1. The lowest BCUT2D eigenvalue weighted by molar-refractivity contribution is 0.103. The van der Waals surface area contributed by atoms with Gasteiger partial charge in [0.15, 0.2) is 5.78 Å². The molecule has 2 heterocycles. The summed E-state index contributed by atoms with van der Waals surface area (Å²) in [4.78, 5) is 16.9. The molecule has 0 radical (unpaired) electrons. The van der Waals surface area contributed by atoms with Crippen molar-refractivity contribution in [3.8, 4) is 11.8 Å². The fourth-order valence-electron chi connectivity index (χ4n) is 2.84. The van der Waals surface area contributed by atoms with Crippen molar-refractivity contribution in [3.63, 3.8) is 0 Å². The first-order chi connectivity index (χ1) is 12.0. The molecular formula is C20H20N2O3. The molecule has 0 spiro atoms. The molecule has 1 aromatic carbocycles. The van der Waals surface area contributed by atoms with E-state index < -0.39 is 0 Å². The van der Waals surface area contributed by atoms with Gasteiger partial charge >= 0.3 is 0 Å². The summed E-state index contributed by atoms with van der Waals surface area (Å²) in [6, 6.07) is 11.3. The molecule has 2 aromatic heterocycles. The standard InChI is InChI=1S/C20H20N2O3/c1-13(9-15-12-22(2)17-8-6-5-7-16(15)17)20(23)14-10-18(24-3)21-19(11-14)25-4/h5-12H,1-4H3/b13-9+. The normalized spacial score (nSPS) is 11.6. The fourth-order valence-corrected chi connectivity index (χ4v) is 2.84. The maximum atomic E-state index is 12.8. The van der Waals surface area contributed by atoms with Gasteiger partial charge < -0.3 is 14.0 Å². The number of carbonyl (C=O) groups excluding carboxylic acids is 1. The summed E-state index contributed by atoms with van der Waals surface area (Å²) in [6.45, 7) is 1.81. The molecule has 5 heteroatoms. The molecule has 0 unspecified atom stereocenters. The molecule has 0 saturated carbocycles. The average molecular weight is 336 g/mol. The minimum Gasteiger partial charge on any atom is -0.481 e. The number of methoxy groups -OCH3 is 2. The van der Waals surface area contributed by atoms with E-state index in [-0.39, 0.29) is 5.78 Å². The Labute approximate surface area is 146 Å². The van der Waals surface area contributed by atoms with Crippen molar-refractivity contribution >= 4 is 22.8 Å². The van der Waals surface area contributed by atoms with Gasteiger partial charge in [-0.1, -0.05) is 18.2 Å². The fraction of sp³-hybridized carbons (Fsp3) is 0.200. The third-order valence-electron chi connectivity index (χ3n) is 4.12. The van der Waals surface area contributed by atoms with Crippen LogP contribution in [0.15, 0.2) is 48.2 Å². The van der Waals surface area contributed by atoms with Crippen LogP contribution >= 0.6 is 0 Å². The zero-order valence-electron chi connectivity index (χ0n) is 14.7. The van der Waals surface area contributed by atoms with Crippen LogP contribution in [0.5, 0.6) is 11.8 Å². The number of nitrogens with zero attached hydrogens (tertiary/aromatic N) is 2. The van der Waals surface area contributed by atoms with Gasteiger partial charge in [-0.2, -0.15) is 4.98 Å². The molecule has 0 amide bonds. The Bertz CT molecular complexity index is 948. The maximum Gasteiger partial charge on any atom is 0.216 e. The van der Waals surface area contributed by atoms with E-state index in [1.807, 2.05) is 38.4 Å². The molecule has 0 aliphatic carbocycles. The number of rotatable bonds is 5. The van der Waals surface area contributed by atoms with E-state index in [4.69, 9.17) is 9.47 Å². The van der Waals surface area contributed by atoms with E-state index in [0.29, 0.717) is 22.9 Å². The lowest BCUT2D eigenvalue weighted by Crippen LogP contribution is -2.03. The summed E-state index contributed by atoms with van der Waals surface area (Å²) in [7, 11) is 5.01. The first-order valence-corrected chi connectivity index (χ1v) is 7.90. The Balaban J connectivity index is 2.01. The van der Waals surface area contributed by atoms with Gasteiger partial charge in [0.25, 0.3) is 0 Å². The van der Waals surface area contributed by atoms with Gasteiger partial charge in [0.2, 0.25) is 11.8 Å². The van der Waals surface area contributed by atoms with Crippen molar-refractivity contribution in [2.24, 2.45) is 7.05 Å². The van der Waals surface area contributed by atoms with E-state index in [9.17, 15) is 4.79 Å². The van der Waals surface area contributed by atoms with Crippen molar-refractivity contribution in [1.29, 1.82) is 0 Å². The highest BCUT2D eigenvalue weighted by Gasteiger charge is 2.14. The number of aryl methyl sites for hydroxylation is 1. The molecule has 3 rings (SSSR count). The third kappa shape index (κ3) is 3.26. The average Bonchev–Trinajstić information content (AvgIpc) is 2.96. The second kappa shape index (κ2) is 6.81. The maximum absolute atomic E-state index is 12.8. The minimum atomic E-state index is -0.0908. The quantitative estimate of drug-likeness (QED) is 0.524. The van der Waals surface area contributed by atoms with E-state index in [1.54, 1.807) is 12.1 Å². The Morgan fingerprint density at radius 3 is 2.40 bits per heavy atom. The Morgan fingerprint density at radius 2 is 1.76 bits per heavy atom. The third-order valence-corrected chi connectivity index (χ3v) is 4.12. The smallest absolute Gasteiger partial charge is 0.216 e. The van der Waals surface area contributed by atoms with Crippen LogP contribution in [-0.4, -0.2) is 29.6 Å².